The topological polar surface area (TPSA) is 52.6 Å². The molecule has 0 saturated carbocycles. The van der Waals surface area contributed by atoms with Crippen LogP contribution in [-0.4, -0.2) is 24.6 Å². The molecule has 0 bridgehead atoms. The van der Waals surface area contributed by atoms with Crippen LogP contribution in [0.15, 0.2) is 72.8 Å². The maximum atomic E-state index is 14.0. The lowest BCUT2D eigenvalue weighted by Crippen LogP contribution is -2.39. The SMILES string of the molecule is CN(c1ccccc1)c1ccccc1C(=O)NCC(C)(O)c1ccc(F)cc1F. The van der Waals surface area contributed by atoms with Crippen LogP contribution in [0.25, 0.3) is 0 Å². The van der Waals surface area contributed by atoms with Gasteiger partial charge in [-0.15, -0.1) is 0 Å². The van der Waals surface area contributed by atoms with Crippen LogP contribution in [0.2, 0.25) is 0 Å². The molecule has 0 aliphatic rings. The van der Waals surface area contributed by atoms with Crippen molar-refractivity contribution in [3.05, 3.63) is 95.6 Å². The molecule has 1 atom stereocenters. The zero-order valence-electron chi connectivity index (χ0n) is 16.2. The van der Waals surface area contributed by atoms with E-state index in [1.165, 1.54) is 13.0 Å². The Labute approximate surface area is 168 Å². The molecule has 150 valence electrons. The number of halogens is 2. The van der Waals surface area contributed by atoms with Crippen LogP contribution in [0.4, 0.5) is 20.2 Å². The summed E-state index contributed by atoms with van der Waals surface area (Å²) in [6.45, 7) is 1.13. The third-order valence-electron chi connectivity index (χ3n) is 4.76. The Bertz CT molecular complexity index is 1010. The highest BCUT2D eigenvalue weighted by atomic mass is 19.1. The summed E-state index contributed by atoms with van der Waals surface area (Å²) in [4.78, 5) is 14.7. The molecule has 0 aliphatic carbocycles. The normalized spacial score (nSPS) is 12.9. The number of nitrogens with zero attached hydrogens (tertiary/aromatic N) is 1. The number of anilines is 2. The number of aliphatic hydroxyl groups is 1. The van der Waals surface area contributed by atoms with E-state index < -0.39 is 23.1 Å². The lowest BCUT2D eigenvalue weighted by atomic mass is 9.95. The van der Waals surface area contributed by atoms with E-state index in [4.69, 9.17) is 0 Å². The highest BCUT2D eigenvalue weighted by Gasteiger charge is 2.28. The van der Waals surface area contributed by atoms with Gasteiger partial charge in [-0.05, 0) is 37.3 Å². The molecular weight excluding hydrogens is 374 g/mol. The van der Waals surface area contributed by atoms with E-state index >= 15 is 0 Å². The third kappa shape index (κ3) is 4.60. The number of hydrogen-bond acceptors (Lipinski definition) is 3. The predicted molar refractivity (Wildman–Crippen MR) is 109 cm³/mol. The van der Waals surface area contributed by atoms with E-state index in [1.807, 2.05) is 54.4 Å². The zero-order chi connectivity index (χ0) is 21.0. The Balaban J connectivity index is 1.79. The molecule has 3 aromatic carbocycles. The Morgan fingerprint density at radius 2 is 1.69 bits per heavy atom. The molecule has 29 heavy (non-hydrogen) atoms. The van der Waals surface area contributed by atoms with Crippen molar-refractivity contribution in [2.75, 3.05) is 18.5 Å². The largest absolute Gasteiger partial charge is 0.383 e. The number of benzene rings is 3. The van der Waals surface area contributed by atoms with Crippen molar-refractivity contribution in [2.45, 2.75) is 12.5 Å². The summed E-state index contributed by atoms with van der Waals surface area (Å²) in [6.07, 6.45) is 0. The number of para-hydroxylation sites is 2. The fourth-order valence-corrected chi connectivity index (χ4v) is 3.12. The lowest BCUT2D eigenvalue weighted by molar-refractivity contribution is 0.0494. The second-order valence-electron chi connectivity index (χ2n) is 6.99. The molecular formula is C23H22F2N2O2. The fourth-order valence-electron chi connectivity index (χ4n) is 3.12. The van der Waals surface area contributed by atoms with Crippen LogP contribution >= 0.6 is 0 Å². The van der Waals surface area contributed by atoms with Gasteiger partial charge in [-0.3, -0.25) is 4.79 Å². The molecule has 2 N–H and O–H groups in total. The molecule has 1 unspecified atom stereocenters. The quantitative estimate of drug-likeness (QED) is 0.651. The summed E-state index contributed by atoms with van der Waals surface area (Å²) in [5.74, 6) is -2.01. The van der Waals surface area contributed by atoms with Crippen molar-refractivity contribution in [3.8, 4) is 0 Å². The molecule has 0 radical (unpaired) electrons. The van der Waals surface area contributed by atoms with Gasteiger partial charge in [0.25, 0.3) is 5.91 Å². The van der Waals surface area contributed by atoms with Crippen LogP contribution in [-0.2, 0) is 5.60 Å². The van der Waals surface area contributed by atoms with E-state index in [-0.39, 0.29) is 12.1 Å². The van der Waals surface area contributed by atoms with Crippen LogP contribution < -0.4 is 10.2 Å². The van der Waals surface area contributed by atoms with Crippen molar-refractivity contribution in [1.29, 1.82) is 0 Å². The van der Waals surface area contributed by atoms with Gasteiger partial charge in [0, 0.05) is 24.4 Å². The third-order valence-corrected chi connectivity index (χ3v) is 4.76. The monoisotopic (exact) mass is 396 g/mol. The highest BCUT2D eigenvalue weighted by molar-refractivity contribution is 6.00. The Morgan fingerprint density at radius 1 is 1.03 bits per heavy atom. The molecule has 4 nitrogen and oxygen atoms in total. The second kappa shape index (κ2) is 8.41. The molecule has 0 aliphatic heterocycles. The maximum Gasteiger partial charge on any atom is 0.253 e. The van der Waals surface area contributed by atoms with Crippen molar-refractivity contribution in [3.63, 3.8) is 0 Å². The first-order chi connectivity index (χ1) is 13.8. The first-order valence-corrected chi connectivity index (χ1v) is 9.13. The van der Waals surface area contributed by atoms with Crippen molar-refractivity contribution in [1.82, 2.24) is 5.32 Å². The van der Waals surface area contributed by atoms with E-state index in [2.05, 4.69) is 5.32 Å². The van der Waals surface area contributed by atoms with Crippen LogP contribution in [0.5, 0.6) is 0 Å². The van der Waals surface area contributed by atoms with Crippen molar-refractivity contribution >= 4 is 17.3 Å². The number of carbonyl (C=O) groups excluding carboxylic acids is 1. The highest BCUT2D eigenvalue weighted by Crippen LogP contribution is 2.27. The summed E-state index contributed by atoms with van der Waals surface area (Å²) in [7, 11) is 1.85. The Kier molecular flexibility index (Phi) is 5.94. The number of carbonyl (C=O) groups is 1. The summed E-state index contributed by atoms with van der Waals surface area (Å²) < 4.78 is 27.2. The van der Waals surface area contributed by atoms with Crippen LogP contribution in [0.3, 0.4) is 0 Å². The molecule has 0 saturated heterocycles. The van der Waals surface area contributed by atoms with E-state index in [0.717, 1.165) is 11.8 Å². The molecule has 3 aromatic rings. The van der Waals surface area contributed by atoms with Gasteiger partial charge in [-0.2, -0.15) is 0 Å². The average Bonchev–Trinajstić information content (AvgIpc) is 2.72. The van der Waals surface area contributed by atoms with E-state index in [9.17, 15) is 18.7 Å². The van der Waals surface area contributed by atoms with Gasteiger partial charge in [-0.25, -0.2) is 8.78 Å². The van der Waals surface area contributed by atoms with E-state index in [1.54, 1.807) is 12.1 Å². The molecule has 1 amide bonds. The molecule has 0 spiro atoms. The number of rotatable bonds is 6. The van der Waals surface area contributed by atoms with Gasteiger partial charge in [-0.1, -0.05) is 36.4 Å². The Hall–Kier alpha value is -3.25. The van der Waals surface area contributed by atoms with Gasteiger partial charge in [0.05, 0.1) is 17.8 Å². The second-order valence-corrected chi connectivity index (χ2v) is 6.99. The van der Waals surface area contributed by atoms with Crippen molar-refractivity contribution < 1.29 is 18.7 Å². The number of amides is 1. The minimum atomic E-state index is -1.70. The first-order valence-electron chi connectivity index (χ1n) is 9.13. The van der Waals surface area contributed by atoms with Gasteiger partial charge in [0.15, 0.2) is 0 Å². The first kappa shape index (κ1) is 20.5. The standard InChI is InChI=1S/C23H22F2N2O2/c1-23(29,19-13-12-16(24)14-20(19)25)15-26-22(28)18-10-6-7-11-21(18)27(2)17-8-4-3-5-9-17/h3-14,29H,15H2,1-2H3,(H,26,28). The minimum absolute atomic E-state index is 0.0890. The molecule has 3 rings (SSSR count). The summed E-state index contributed by atoms with van der Waals surface area (Å²) in [6, 6.07) is 19.6. The van der Waals surface area contributed by atoms with Gasteiger partial charge in [0.1, 0.15) is 17.2 Å². The maximum absolute atomic E-state index is 14.0. The lowest BCUT2D eigenvalue weighted by Gasteiger charge is -2.26. The predicted octanol–water partition coefficient (Wildman–Crippen LogP) is 4.37. The molecule has 0 heterocycles. The molecule has 0 aromatic heterocycles. The van der Waals surface area contributed by atoms with Gasteiger partial charge >= 0.3 is 0 Å². The molecule has 6 heteroatoms. The number of hydrogen-bond donors (Lipinski definition) is 2. The fraction of sp³-hybridized carbons (Fsp3) is 0.174. The van der Waals surface area contributed by atoms with E-state index in [0.29, 0.717) is 17.3 Å². The van der Waals surface area contributed by atoms with Crippen LogP contribution in [0.1, 0.15) is 22.8 Å². The summed E-state index contributed by atoms with van der Waals surface area (Å²) >= 11 is 0. The smallest absolute Gasteiger partial charge is 0.253 e. The Morgan fingerprint density at radius 3 is 2.38 bits per heavy atom. The van der Waals surface area contributed by atoms with Gasteiger partial charge < -0.3 is 15.3 Å². The minimum Gasteiger partial charge on any atom is -0.383 e. The number of nitrogens with one attached hydrogen (secondary N) is 1. The average molecular weight is 396 g/mol. The summed E-state index contributed by atoms with van der Waals surface area (Å²) in [5, 5.41) is 13.3. The zero-order valence-corrected chi connectivity index (χ0v) is 16.2. The van der Waals surface area contributed by atoms with Gasteiger partial charge in [0.2, 0.25) is 0 Å². The molecule has 0 fully saturated rings. The van der Waals surface area contributed by atoms with Crippen LogP contribution in [0, 0.1) is 11.6 Å². The van der Waals surface area contributed by atoms with Crippen molar-refractivity contribution in [2.24, 2.45) is 0 Å². The summed E-state index contributed by atoms with van der Waals surface area (Å²) in [5.41, 5.74) is 0.216.